The van der Waals surface area contributed by atoms with E-state index in [4.69, 9.17) is 4.74 Å². The van der Waals surface area contributed by atoms with Crippen molar-refractivity contribution in [2.75, 3.05) is 0 Å². The van der Waals surface area contributed by atoms with Gasteiger partial charge in [-0.1, -0.05) is 46.3 Å². The number of fused-ring (bicyclic) bond motifs is 1. The van der Waals surface area contributed by atoms with Crippen molar-refractivity contribution in [3.05, 3.63) is 63.6 Å². The van der Waals surface area contributed by atoms with E-state index < -0.39 is 11.9 Å². The van der Waals surface area contributed by atoms with Crippen molar-refractivity contribution in [3.63, 3.8) is 0 Å². The highest BCUT2D eigenvalue weighted by Crippen LogP contribution is 2.36. The first-order valence-corrected chi connectivity index (χ1v) is 9.46. The minimum absolute atomic E-state index is 0.217. The molecule has 4 rings (SSSR count). The van der Waals surface area contributed by atoms with Crippen molar-refractivity contribution in [3.8, 4) is 5.75 Å². The van der Waals surface area contributed by atoms with Crippen LogP contribution in [0.5, 0.6) is 5.75 Å². The van der Waals surface area contributed by atoms with E-state index >= 15 is 0 Å². The minimum atomic E-state index is -0.636. The molecule has 1 saturated heterocycles. The smallest absolute Gasteiger partial charge is 0.255 e. The van der Waals surface area contributed by atoms with Gasteiger partial charge in [0.15, 0.2) is 0 Å². The van der Waals surface area contributed by atoms with Gasteiger partial charge >= 0.3 is 0 Å². The summed E-state index contributed by atoms with van der Waals surface area (Å²) < 4.78 is 6.72. The van der Waals surface area contributed by atoms with Gasteiger partial charge in [-0.15, -0.1) is 0 Å². The monoisotopic (exact) mass is 428 g/mol. The number of imide groups is 1. The molecule has 1 fully saturated rings. The van der Waals surface area contributed by atoms with Crippen LogP contribution in [0.2, 0.25) is 0 Å². The van der Waals surface area contributed by atoms with Gasteiger partial charge in [0.05, 0.1) is 6.54 Å². The van der Waals surface area contributed by atoms with Gasteiger partial charge in [-0.3, -0.25) is 19.7 Å². The fourth-order valence-electron chi connectivity index (χ4n) is 3.46. The third-order valence-corrected chi connectivity index (χ3v) is 5.27. The van der Waals surface area contributed by atoms with Crippen LogP contribution in [0.15, 0.2) is 46.9 Å². The molecule has 1 atom stereocenters. The zero-order valence-corrected chi connectivity index (χ0v) is 16.0. The van der Waals surface area contributed by atoms with Crippen molar-refractivity contribution in [1.29, 1.82) is 0 Å². The summed E-state index contributed by atoms with van der Waals surface area (Å²) >= 11 is 3.43. The van der Waals surface area contributed by atoms with Gasteiger partial charge in [0.25, 0.3) is 5.91 Å². The summed E-state index contributed by atoms with van der Waals surface area (Å²) in [5.74, 6) is -0.315. The van der Waals surface area contributed by atoms with Crippen LogP contribution in [0.1, 0.15) is 34.3 Å². The minimum Gasteiger partial charge on any atom is -0.488 e. The quantitative estimate of drug-likeness (QED) is 0.759. The number of ether oxygens (including phenoxy) is 1. The normalized spacial score (nSPS) is 19.1. The second-order valence-corrected chi connectivity index (χ2v) is 7.52. The highest BCUT2D eigenvalue weighted by atomic mass is 79.9. The number of rotatable bonds is 4. The highest BCUT2D eigenvalue weighted by molar-refractivity contribution is 9.10. The number of nitrogens with one attached hydrogen (secondary N) is 1. The molecular formula is C20H17BrN2O4. The second-order valence-electron chi connectivity index (χ2n) is 6.60. The molecule has 0 bridgehead atoms. The van der Waals surface area contributed by atoms with E-state index in [-0.39, 0.29) is 24.8 Å². The Morgan fingerprint density at radius 3 is 2.67 bits per heavy atom. The number of carbonyl (C=O) groups is 3. The summed E-state index contributed by atoms with van der Waals surface area (Å²) in [7, 11) is 0. The molecule has 2 aromatic rings. The summed E-state index contributed by atoms with van der Waals surface area (Å²) in [5.41, 5.74) is 2.32. The van der Waals surface area contributed by atoms with Gasteiger partial charge in [-0.2, -0.15) is 0 Å². The summed E-state index contributed by atoms with van der Waals surface area (Å²) in [4.78, 5) is 38.0. The van der Waals surface area contributed by atoms with Crippen LogP contribution in [0.25, 0.3) is 0 Å². The highest BCUT2D eigenvalue weighted by Gasteiger charge is 2.40. The van der Waals surface area contributed by atoms with Crippen LogP contribution in [0, 0.1) is 0 Å². The third kappa shape index (κ3) is 3.47. The van der Waals surface area contributed by atoms with Crippen LogP contribution in [-0.2, 0) is 22.7 Å². The molecule has 2 aliphatic rings. The first kappa shape index (κ1) is 17.7. The Bertz CT molecular complexity index is 929. The maximum Gasteiger partial charge on any atom is 0.255 e. The maximum atomic E-state index is 12.9. The third-order valence-electron chi connectivity index (χ3n) is 4.82. The van der Waals surface area contributed by atoms with E-state index in [0.29, 0.717) is 24.3 Å². The zero-order chi connectivity index (χ0) is 19.0. The van der Waals surface area contributed by atoms with Crippen LogP contribution in [0.4, 0.5) is 0 Å². The van der Waals surface area contributed by atoms with Gasteiger partial charge in [0.1, 0.15) is 18.4 Å². The summed E-state index contributed by atoms with van der Waals surface area (Å²) in [6, 6.07) is 12.7. The lowest BCUT2D eigenvalue weighted by Gasteiger charge is -2.29. The van der Waals surface area contributed by atoms with E-state index in [2.05, 4.69) is 21.2 Å². The Morgan fingerprint density at radius 2 is 1.93 bits per heavy atom. The Labute approximate surface area is 164 Å². The largest absolute Gasteiger partial charge is 0.488 e. The summed E-state index contributed by atoms with van der Waals surface area (Å²) in [6.45, 7) is 0.675. The first-order chi connectivity index (χ1) is 13.0. The lowest BCUT2D eigenvalue weighted by molar-refractivity contribution is -0.136. The summed E-state index contributed by atoms with van der Waals surface area (Å²) in [5, 5.41) is 2.31. The van der Waals surface area contributed by atoms with Crippen molar-refractivity contribution in [1.82, 2.24) is 10.2 Å². The molecule has 2 aliphatic heterocycles. The van der Waals surface area contributed by atoms with E-state index in [1.54, 1.807) is 6.07 Å². The Morgan fingerprint density at radius 1 is 1.15 bits per heavy atom. The molecule has 1 N–H and O–H groups in total. The lowest BCUT2D eigenvalue weighted by Crippen LogP contribution is -2.52. The van der Waals surface area contributed by atoms with Gasteiger partial charge in [-0.05, 0) is 24.1 Å². The molecule has 2 heterocycles. The zero-order valence-electron chi connectivity index (χ0n) is 14.4. The molecule has 3 amide bonds. The molecule has 0 spiro atoms. The molecule has 0 aromatic heterocycles. The standard InChI is InChI=1S/C20H17BrN2O4/c21-13-8-14-15(17(9-13)27-11-12-4-2-1-3-5-12)10-23(20(14)26)16-6-7-18(24)22-19(16)25/h1-5,8-9,16H,6-7,10-11H2,(H,22,24,25). The molecule has 0 aliphatic carbocycles. The lowest BCUT2D eigenvalue weighted by atomic mass is 10.0. The molecule has 6 nitrogen and oxygen atoms in total. The molecule has 138 valence electrons. The molecular weight excluding hydrogens is 412 g/mol. The van der Waals surface area contributed by atoms with E-state index in [0.717, 1.165) is 15.6 Å². The predicted octanol–water partition coefficient (Wildman–Crippen LogP) is 2.79. The first-order valence-electron chi connectivity index (χ1n) is 8.67. The fourth-order valence-corrected chi connectivity index (χ4v) is 3.89. The van der Waals surface area contributed by atoms with Crippen LogP contribution >= 0.6 is 15.9 Å². The number of hydrogen-bond acceptors (Lipinski definition) is 4. The number of nitrogens with zero attached hydrogens (tertiary/aromatic N) is 1. The van der Waals surface area contributed by atoms with E-state index in [1.807, 2.05) is 36.4 Å². The van der Waals surface area contributed by atoms with Crippen molar-refractivity contribution in [2.24, 2.45) is 0 Å². The number of hydrogen-bond donors (Lipinski definition) is 1. The predicted molar refractivity (Wildman–Crippen MR) is 101 cm³/mol. The van der Waals surface area contributed by atoms with Gasteiger partial charge in [-0.25, -0.2) is 0 Å². The second kappa shape index (κ2) is 7.15. The fraction of sp³-hybridized carbons (Fsp3) is 0.250. The molecule has 0 radical (unpaired) electrons. The van der Waals surface area contributed by atoms with E-state index in [9.17, 15) is 14.4 Å². The molecule has 7 heteroatoms. The topological polar surface area (TPSA) is 75.7 Å². The number of amides is 3. The van der Waals surface area contributed by atoms with Crippen molar-refractivity contribution < 1.29 is 19.1 Å². The number of benzene rings is 2. The Kier molecular flexibility index (Phi) is 4.70. The summed E-state index contributed by atoms with van der Waals surface area (Å²) in [6.07, 6.45) is 0.573. The molecule has 27 heavy (non-hydrogen) atoms. The van der Waals surface area contributed by atoms with Gasteiger partial charge in [0.2, 0.25) is 11.8 Å². The van der Waals surface area contributed by atoms with Crippen molar-refractivity contribution >= 4 is 33.7 Å². The average molecular weight is 429 g/mol. The molecule has 0 saturated carbocycles. The van der Waals surface area contributed by atoms with Gasteiger partial charge < -0.3 is 9.64 Å². The average Bonchev–Trinajstić information content (AvgIpc) is 2.97. The van der Waals surface area contributed by atoms with Gasteiger partial charge in [0, 0.05) is 22.0 Å². The molecule has 1 unspecified atom stereocenters. The SMILES string of the molecule is O=C1CCC(N2Cc3c(OCc4ccccc4)cc(Br)cc3C2=O)C(=O)N1. The van der Waals surface area contributed by atoms with E-state index in [1.165, 1.54) is 4.90 Å². The Balaban J connectivity index is 1.59. The number of piperidine rings is 1. The maximum absolute atomic E-state index is 12.9. The van der Waals surface area contributed by atoms with Crippen LogP contribution in [-0.4, -0.2) is 28.7 Å². The number of carbonyl (C=O) groups excluding carboxylic acids is 3. The molecule has 2 aromatic carbocycles. The number of halogens is 1. The van der Waals surface area contributed by atoms with Crippen LogP contribution in [0.3, 0.4) is 0 Å². The van der Waals surface area contributed by atoms with Crippen molar-refractivity contribution in [2.45, 2.75) is 32.0 Å². The Hall–Kier alpha value is -2.67. The van der Waals surface area contributed by atoms with Crippen LogP contribution < -0.4 is 10.1 Å².